The number of ether oxygens (including phenoxy) is 2. The van der Waals surface area contributed by atoms with E-state index in [1.54, 1.807) is 19.2 Å². The van der Waals surface area contributed by atoms with Crippen LogP contribution in [0, 0.1) is 17.1 Å². The summed E-state index contributed by atoms with van der Waals surface area (Å²) in [5.74, 6) is -0.645. The van der Waals surface area contributed by atoms with Gasteiger partial charge in [0, 0.05) is 7.11 Å². The third kappa shape index (κ3) is 5.64. The molecule has 3 rings (SSSR count). The van der Waals surface area contributed by atoms with Crippen LogP contribution in [0.5, 0.6) is 5.88 Å². The van der Waals surface area contributed by atoms with Crippen molar-refractivity contribution in [2.45, 2.75) is 19.0 Å². The molecular weight excluding hydrogens is 449 g/mol. The molecule has 178 valence electrons. The molecule has 4 N–H and O–H groups in total. The highest BCUT2D eigenvalue weighted by molar-refractivity contribution is 5.67. The van der Waals surface area contributed by atoms with Gasteiger partial charge in [0.25, 0.3) is 0 Å². The van der Waals surface area contributed by atoms with Crippen LogP contribution in [-0.2, 0) is 4.74 Å². The minimum Gasteiger partial charge on any atom is -0.479 e. The van der Waals surface area contributed by atoms with Crippen molar-refractivity contribution >= 4 is 23.4 Å². The first kappa shape index (κ1) is 24.1. The number of anilines is 3. The topological polar surface area (TPSA) is 172 Å². The highest BCUT2D eigenvalue weighted by Gasteiger charge is 2.22. The van der Waals surface area contributed by atoms with E-state index < -0.39 is 24.0 Å². The van der Waals surface area contributed by atoms with E-state index in [1.165, 1.54) is 31.3 Å². The number of nitrogens with zero attached hydrogens (tertiary/aromatic N) is 6. The van der Waals surface area contributed by atoms with Gasteiger partial charge in [0.05, 0.1) is 55.6 Å². The number of pyridine rings is 2. The van der Waals surface area contributed by atoms with Crippen LogP contribution in [0.25, 0.3) is 5.69 Å². The molecule has 14 heteroatoms. The summed E-state index contributed by atoms with van der Waals surface area (Å²) in [6.45, 7) is 1.66. The maximum Gasteiger partial charge on any atom is 0.404 e. The van der Waals surface area contributed by atoms with Crippen molar-refractivity contribution in [2.24, 2.45) is 0 Å². The van der Waals surface area contributed by atoms with Crippen molar-refractivity contribution in [1.82, 2.24) is 30.3 Å². The zero-order chi connectivity index (χ0) is 24.7. The molecule has 13 nitrogen and oxygen atoms in total. The number of halogens is 1. The van der Waals surface area contributed by atoms with Crippen molar-refractivity contribution < 1.29 is 23.8 Å². The summed E-state index contributed by atoms with van der Waals surface area (Å²) in [6.07, 6.45) is 3.31. The van der Waals surface area contributed by atoms with Crippen LogP contribution in [0.4, 0.5) is 26.5 Å². The summed E-state index contributed by atoms with van der Waals surface area (Å²) in [5.41, 5.74) is 0.834. The number of amides is 1. The Morgan fingerprint density at radius 3 is 2.76 bits per heavy atom. The van der Waals surface area contributed by atoms with E-state index in [0.717, 1.165) is 6.07 Å². The number of nitrogens with one attached hydrogen (secondary N) is 3. The number of nitriles is 1. The van der Waals surface area contributed by atoms with Gasteiger partial charge in [-0.3, -0.25) is 0 Å². The summed E-state index contributed by atoms with van der Waals surface area (Å²) in [4.78, 5) is 19.4. The van der Waals surface area contributed by atoms with Gasteiger partial charge in [-0.05, 0) is 19.1 Å². The van der Waals surface area contributed by atoms with Crippen LogP contribution in [0.1, 0.15) is 12.5 Å². The molecule has 0 bridgehead atoms. The molecule has 2 atom stereocenters. The standard InChI is InChI=1S/C20H22FN9O4/c1-11(25-20(31)32)15(10-33-2)27-18-14(21)6-12(8-22)17(28-18)26-13-7-16(19(34-3)23-9-13)30-5-4-24-29-30/h4-7,9,11,15,25H,10H2,1-3H3,(H,31,32)(H2,26,27,28)/t11-,15+/m0/s1. The van der Waals surface area contributed by atoms with Gasteiger partial charge >= 0.3 is 6.09 Å². The summed E-state index contributed by atoms with van der Waals surface area (Å²) in [6, 6.07) is 3.28. The molecule has 3 aromatic heterocycles. The molecule has 1 amide bonds. The molecule has 0 aliphatic heterocycles. The number of methoxy groups -OCH3 is 2. The van der Waals surface area contributed by atoms with E-state index in [9.17, 15) is 14.4 Å². The Morgan fingerprint density at radius 2 is 2.15 bits per heavy atom. The fourth-order valence-corrected chi connectivity index (χ4v) is 3.04. The van der Waals surface area contributed by atoms with E-state index in [0.29, 0.717) is 11.4 Å². The lowest BCUT2D eigenvalue weighted by Gasteiger charge is -2.25. The normalized spacial score (nSPS) is 12.3. The van der Waals surface area contributed by atoms with Crippen molar-refractivity contribution in [2.75, 3.05) is 31.5 Å². The molecule has 0 spiro atoms. The van der Waals surface area contributed by atoms with Crippen LogP contribution in [0.2, 0.25) is 0 Å². The molecule has 3 aromatic rings. The largest absolute Gasteiger partial charge is 0.479 e. The Labute approximate surface area is 193 Å². The van der Waals surface area contributed by atoms with Gasteiger partial charge in [-0.2, -0.15) is 5.26 Å². The van der Waals surface area contributed by atoms with Crippen molar-refractivity contribution in [1.29, 1.82) is 5.26 Å². The predicted molar refractivity (Wildman–Crippen MR) is 118 cm³/mol. The lowest BCUT2D eigenvalue weighted by Crippen LogP contribution is -2.47. The molecule has 3 heterocycles. The zero-order valence-electron chi connectivity index (χ0n) is 18.5. The van der Waals surface area contributed by atoms with Gasteiger partial charge in [0.1, 0.15) is 11.8 Å². The molecule has 0 saturated heterocycles. The Kier molecular flexibility index (Phi) is 7.72. The minimum absolute atomic E-state index is 0.0536. The second-order valence-corrected chi connectivity index (χ2v) is 7.00. The van der Waals surface area contributed by atoms with Gasteiger partial charge < -0.3 is 30.5 Å². The van der Waals surface area contributed by atoms with Gasteiger partial charge in [-0.15, -0.1) is 5.10 Å². The number of hydrogen-bond acceptors (Lipinski definition) is 10. The van der Waals surface area contributed by atoms with E-state index in [2.05, 4.69) is 36.2 Å². The summed E-state index contributed by atoms with van der Waals surface area (Å²) in [5, 5.41) is 34.2. The maximum atomic E-state index is 14.7. The second kappa shape index (κ2) is 10.9. The molecule has 0 aromatic carbocycles. The quantitative estimate of drug-likeness (QED) is 0.340. The molecule has 0 aliphatic rings. The Balaban J connectivity index is 1.93. The lowest BCUT2D eigenvalue weighted by atomic mass is 10.1. The predicted octanol–water partition coefficient (Wildman–Crippen LogP) is 1.90. The number of aromatic nitrogens is 5. The first-order valence-electron chi connectivity index (χ1n) is 9.89. The van der Waals surface area contributed by atoms with Gasteiger partial charge in [-0.1, -0.05) is 5.21 Å². The Morgan fingerprint density at radius 1 is 1.35 bits per heavy atom. The number of hydrogen-bond donors (Lipinski definition) is 4. The van der Waals surface area contributed by atoms with Crippen molar-refractivity contribution in [3.8, 4) is 17.6 Å². The highest BCUT2D eigenvalue weighted by Crippen LogP contribution is 2.27. The van der Waals surface area contributed by atoms with Crippen LogP contribution in [-0.4, -0.2) is 69.1 Å². The summed E-state index contributed by atoms with van der Waals surface area (Å²) < 4.78 is 26.5. The number of carbonyl (C=O) groups is 1. The average molecular weight is 471 g/mol. The second-order valence-electron chi connectivity index (χ2n) is 7.00. The lowest BCUT2D eigenvalue weighted by molar-refractivity contribution is 0.163. The summed E-state index contributed by atoms with van der Waals surface area (Å²) in [7, 11) is 2.89. The average Bonchev–Trinajstić information content (AvgIpc) is 3.35. The third-order valence-corrected chi connectivity index (χ3v) is 4.68. The number of rotatable bonds is 10. The SMILES string of the molecule is COC[C@@H](Nc1nc(Nc2cnc(OC)c(-n3ccnn3)c2)c(C#N)cc1F)[C@H](C)NC(=O)O. The molecule has 0 saturated carbocycles. The Bertz CT molecular complexity index is 1180. The molecule has 34 heavy (non-hydrogen) atoms. The van der Waals surface area contributed by atoms with Crippen molar-refractivity contribution in [3.05, 3.63) is 42.1 Å². The van der Waals surface area contributed by atoms with Crippen LogP contribution in [0.15, 0.2) is 30.7 Å². The van der Waals surface area contributed by atoms with Crippen LogP contribution in [0.3, 0.4) is 0 Å². The summed E-state index contributed by atoms with van der Waals surface area (Å²) >= 11 is 0. The first-order chi connectivity index (χ1) is 16.4. The van der Waals surface area contributed by atoms with Gasteiger partial charge in [0.2, 0.25) is 5.88 Å². The monoisotopic (exact) mass is 471 g/mol. The molecule has 0 unspecified atom stereocenters. The van der Waals surface area contributed by atoms with E-state index in [-0.39, 0.29) is 29.7 Å². The minimum atomic E-state index is -1.23. The van der Waals surface area contributed by atoms with E-state index in [4.69, 9.17) is 14.6 Å². The fourth-order valence-electron chi connectivity index (χ4n) is 3.04. The molecule has 0 radical (unpaired) electrons. The molecule has 0 fully saturated rings. The maximum absolute atomic E-state index is 14.7. The smallest absolute Gasteiger partial charge is 0.404 e. The Hall–Kier alpha value is -4.51. The van der Waals surface area contributed by atoms with Crippen LogP contribution >= 0.6 is 0 Å². The van der Waals surface area contributed by atoms with E-state index in [1.807, 2.05) is 6.07 Å². The highest BCUT2D eigenvalue weighted by atomic mass is 19.1. The fraction of sp³-hybridized carbons (Fsp3) is 0.300. The molecule has 0 aliphatic carbocycles. The third-order valence-electron chi connectivity index (χ3n) is 4.68. The van der Waals surface area contributed by atoms with Gasteiger partial charge in [0.15, 0.2) is 17.5 Å². The molecular formula is C20H22FN9O4. The zero-order valence-corrected chi connectivity index (χ0v) is 18.5. The van der Waals surface area contributed by atoms with Crippen molar-refractivity contribution in [3.63, 3.8) is 0 Å². The first-order valence-corrected chi connectivity index (χ1v) is 9.89. The number of carboxylic acid groups (broad SMARTS) is 1. The van der Waals surface area contributed by atoms with E-state index >= 15 is 0 Å². The van der Waals surface area contributed by atoms with Gasteiger partial charge in [-0.25, -0.2) is 23.8 Å². The van der Waals surface area contributed by atoms with Crippen LogP contribution < -0.4 is 20.7 Å².